The van der Waals surface area contributed by atoms with Crippen LogP contribution in [-0.2, 0) is 0 Å². The van der Waals surface area contributed by atoms with Crippen molar-refractivity contribution in [2.24, 2.45) is 0 Å². The number of aryl methyl sites for hydroxylation is 1. The Bertz CT molecular complexity index is 408. The molecule has 14 heavy (non-hydrogen) atoms. The van der Waals surface area contributed by atoms with Crippen molar-refractivity contribution in [3.05, 3.63) is 54.1 Å². The number of aromatic nitrogens is 1. The first-order valence-corrected chi connectivity index (χ1v) is 4.43. The molecule has 0 spiro atoms. The summed E-state index contributed by atoms with van der Waals surface area (Å²) in [6.45, 7) is 2.01. The first-order chi connectivity index (χ1) is 6.75. The van der Waals surface area contributed by atoms with E-state index in [0.717, 1.165) is 16.7 Å². The zero-order chi connectivity index (χ0) is 9.97. The maximum Gasteiger partial charge on any atom is 0.142 e. The van der Waals surface area contributed by atoms with E-state index in [1.165, 1.54) is 12.3 Å². The van der Waals surface area contributed by atoms with Gasteiger partial charge in [0.2, 0.25) is 0 Å². The fourth-order valence-corrected chi connectivity index (χ4v) is 1.39. The van der Waals surface area contributed by atoms with Crippen LogP contribution < -0.4 is 0 Å². The lowest BCUT2D eigenvalue weighted by Crippen LogP contribution is -1.83. The highest BCUT2D eigenvalue weighted by Gasteiger charge is 1.99. The van der Waals surface area contributed by atoms with Crippen LogP contribution in [0.15, 0.2) is 42.7 Å². The third kappa shape index (κ3) is 1.79. The van der Waals surface area contributed by atoms with E-state index in [1.54, 1.807) is 6.20 Å². The Kier molecular flexibility index (Phi) is 2.27. The number of hydrogen-bond donors (Lipinski definition) is 0. The second-order valence-corrected chi connectivity index (χ2v) is 3.26. The average Bonchev–Trinajstić information content (AvgIpc) is 2.18. The van der Waals surface area contributed by atoms with Crippen LogP contribution in [0.3, 0.4) is 0 Å². The monoisotopic (exact) mass is 187 g/mol. The Morgan fingerprint density at radius 1 is 1.07 bits per heavy atom. The smallest absolute Gasteiger partial charge is 0.142 e. The normalized spacial score (nSPS) is 10.1. The molecule has 1 aromatic heterocycles. The van der Waals surface area contributed by atoms with Crippen LogP contribution in [0.4, 0.5) is 4.39 Å². The maximum absolute atomic E-state index is 12.9. The molecule has 0 radical (unpaired) electrons. The second kappa shape index (κ2) is 3.58. The number of nitrogens with zero attached hydrogens (tertiary/aromatic N) is 1. The van der Waals surface area contributed by atoms with Crippen LogP contribution in [-0.4, -0.2) is 4.98 Å². The molecule has 1 nitrogen and oxygen atoms in total. The fourth-order valence-electron chi connectivity index (χ4n) is 1.39. The highest BCUT2D eigenvalue weighted by atomic mass is 19.1. The van der Waals surface area contributed by atoms with Gasteiger partial charge in [-0.3, -0.25) is 4.98 Å². The van der Waals surface area contributed by atoms with Crippen molar-refractivity contribution in [2.45, 2.75) is 6.92 Å². The molecule has 1 aromatic carbocycles. The Hall–Kier alpha value is -1.70. The van der Waals surface area contributed by atoms with E-state index in [4.69, 9.17) is 0 Å². The molecule has 2 rings (SSSR count). The highest BCUT2D eigenvalue weighted by molar-refractivity contribution is 5.62. The molecule has 0 amide bonds. The van der Waals surface area contributed by atoms with Gasteiger partial charge in [0.15, 0.2) is 0 Å². The van der Waals surface area contributed by atoms with Gasteiger partial charge in [-0.05, 0) is 18.6 Å². The molecule has 0 N–H and O–H groups in total. The van der Waals surface area contributed by atoms with Gasteiger partial charge in [-0.1, -0.05) is 29.8 Å². The fraction of sp³-hybridized carbons (Fsp3) is 0.0833. The van der Waals surface area contributed by atoms with Gasteiger partial charge in [-0.2, -0.15) is 0 Å². The molecule has 2 heteroatoms. The lowest BCUT2D eigenvalue weighted by molar-refractivity contribution is 0.622. The van der Waals surface area contributed by atoms with E-state index >= 15 is 0 Å². The van der Waals surface area contributed by atoms with Gasteiger partial charge in [0.25, 0.3) is 0 Å². The van der Waals surface area contributed by atoms with Crippen molar-refractivity contribution >= 4 is 0 Å². The van der Waals surface area contributed by atoms with Crippen molar-refractivity contribution in [2.75, 3.05) is 0 Å². The summed E-state index contributed by atoms with van der Waals surface area (Å²) in [7, 11) is 0. The Balaban J connectivity index is 2.49. The summed E-state index contributed by atoms with van der Waals surface area (Å²) in [4.78, 5) is 3.82. The van der Waals surface area contributed by atoms with Crippen LogP contribution in [0, 0.1) is 12.7 Å². The molecule has 0 fully saturated rings. The molecule has 1 heterocycles. The number of hydrogen-bond acceptors (Lipinski definition) is 1. The lowest BCUT2D eigenvalue weighted by atomic mass is 10.1. The van der Waals surface area contributed by atoms with E-state index in [0.29, 0.717) is 0 Å². The molecule has 0 aliphatic heterocycles. The van der Waals surface area contributed by atoms with Crippen molar-refractivity contribution < 1.29 is 4.39 Å². The minimum absolute atomic E-state index is 0.302. The lowest BCUT2D eigenvalue weighted by Gasteiger charge is -2.01. The average molecular weight is 187 g/mol. The van der Waals surface area contributed by atoms with Crippen molar-refractivity contribution in [1.82, 2.24) is 4.98 Å². The van der Waals surface area contributed by atoms with E-state index in [-0.39, 0.29) is 5.82 Å². The van der Waals surface area contributed by atoms with E-state index in [2.05, 4.69) is 4.98 Å². The van der Waals surface area contributed by atoms with Gasteiger partial charge in [-0.25, -0.2) is 4.39 Å². The predicted octanol–water partition coefficient (Wildman–Crippen LogP) is 3.20. The summed E-state index contributed by atoms with van der Waals surface area (Å²) >= 11 is 0. The van der Waals surface area contributed by atoms with E-state index in [9.17, 15) is 4.39 Å². The quantitative estimate of drug-likeness (QED) is 0.668. The molecule has 2 aromatic rings. The SMILES string of the molecule is Cc1cccc(-c2cncc(F)c2)c1. The molecule has 0 aliphatic rings. The molecule has 0 unspecified atom stereocenters. The van der Waals surface area contributed by atoms with Gasteiger partial charge in [0.05, 0.1) is 6.20 Å². The topological polar surface area (TPSA) is 12.9 Å². The first kappa shape index (κ1) is 8.88. The summed E-state index contributed by atoms with van der Waals surface area (Å²) < 4.78 is 12.9. The predicted molar refractivity (Wildman–Crippen MR) is 54.4 cm³/mol. The second-order valence-electron chi connectivity index (χ2n) is 3.26. The summed E-state index contributed by atoms with van der Waals surface area (Å²) in [5, 5.41) is 0. The van der Waals surface area contributed by atoms with Crippen molar-refractivity contribution in [1.29, 1.82) is 0 Å². The Morgan fingerprint density at radius 3 is 2.64 bits per heavy atom. The van der Waals surface area contributed by atoms with Gasteiger partial charge < -0.3 is 0 Å². The molecule has 0 saturated heterocycles. The zero-order valence-corrected chi connectivity index (χ0v) is 7.87. The third-order valence-electron chi connectivity index (χ3n) is 2.06. The van der Waals surface area contributed by atoms with Crippen LogP contribution in [0.2, 0.25) is 0 Å². The Labute approximate surface area is 82.2 Å². The molecular formula is C12H10FN. The minimum atomic E-state index is -0.302. The number of rotatable bonds is 1. The summed E-state index contributed by atoms with van der Waals surface area (Å²) in [5.74, 6) is -0.302. The van der Waals surface area contributed by atoms with Gasteiger partial charge >= 0.3 is 0 Å². The molecule has 0 bridgehead atoms. The van der Waals surface area contributed by atoms with Crippen LogP contribution in [0.1, 0.15) is 5.56 Å². The van der Waals surface area contributed by atoms with Gasteiger partial charge in [-0.15, -0.1) is 0 Å². The molecule has 70 valence electrons. The number of pyridine rings is 1. The summed E-state index contributed by atoms with van der Waals surface area (Å²) in [6.07, 6.45) is 2.87. The van der Waals surface area contributed by atoms with E-state index in [1.807, 2.05) is 31.2 Å². The Morgan fingerprint density at radius 2 is 1.93 bits per heavy atom. The summed E-state index contributed by atoms with van der Waals surface area (Å²) in [5.41, 5.74) is 2.97. The van der Waals surface area contributed by atoms with Crippen molar-refractivity contribution in [3.63, 3.8) is 0 Å². The number of benzene rings is 1. The molecule has 0 atom stereocenters. The highest BCUT2D eigenvalue weighted by Crippen LogP contribution is 2.19. The molecule has 0 saturated carbocycles. The number of halogens is 1. The van der Waals surface area contributed by atoms with Crippen molar-refractivity contribution in [3.8, 4) is 11.1 Å². The zero-order valence-electron chi connectivity index (χ0n) is 7.87. The molecular weight excluding hydrogens is 177 g/mol. The van der Waals surface area contributed by atoms with E-state index < -0.39 is 0 Å². The summed E-state index contributed by atoms with van der Waals surface area (Å²) in [6, 6.07) is 9.41. The van der Waals surface area contributed by atoms with Crippen LogP contribution in [0.5, 0.6) is 0 Å². The minimum Gasteiger partial charge on any atom is -0.261 e. The molecule has 0 aliphatic carbocycles. The van der Waals surface area contributed by atoms with Crippen LogP contribution >= 0.6 is 0 Å². The van der Waals surface area contributed by atoms with Gasteiger partial charge in [0.1, 0.15) is 5.82 Å². The maximum atomic E-state index is 12.9. The largest absolute Gasteiger partial charge is 0.261 e. The standard InChI is InChI=1S/C12H10FN/c1-9-3-2-4-10(5-9)11-6-12(13)8-14-7-11/h2-8H,1H3. The van der Waals surface area contributed by atoms with Gasteiger partial charge in [0, 0.05) is 11.8 Å². The third-order valence-corrected chi connectivity index (χ3v) is 2.06. The van der Waals surface area contributed by atoms with Crippen LogP contribution in [0.25, 0.3) is 11.1 Å². The first-order valence-electron chi connectivity index (χ1n) is 4.43.